The van der Waals surface area contributed by atoms with Crippen LogP contribution < -0.4 is 10.6 Å². The molecule has 0 radical (unpaired) electrons. The van der Waals surface area contributed by atoms with E-state index in [1.54, 1.807) is 33.9 Å². The Bertz CT molecular complexity index is 505. The average Bonchev–Trinajstić information content (AvgIpc) is 2.84. The summed E-state index contributed by atoms with van der Waals surface area (Å²) in [5, 5.41) is 4.06. The highest BCUT2D eigenvalue weighted by molar-refractivity contribution is 5.98. The van der Waals surface area contributed by atoms with Crippen LogP contribution in [0.2, 0.25) is 0 Å². The summed E-state index contributed by atoms with van der Waals surface area (Å²) >= 11 is 0. The van der Waals surface area contributed by atoms with Crippen LogP contribution in [-0.4, -0.2) is 52.2 Å². The molecule has 2 amide bonds. The molecule has 1 atom stereocenters. The number of carbonyl (C=O) groups is 2. The van der Waals surface area contributed by atoms with Crippen molar-refractivity contribution < 1.29 is 9.59 Å². The Morgan fingerprint density at radius 2 is 2.19 bits per heavy atom. The van der Waals surface area contributed by atoms with Gasteiger partial charge in [-0.05, 0) is 6.42 Å². The highest BCUT2D eigenvalue weighted by atomic mass is 35.5. The number of carbonyl (C=O) groups excluding carboxylic acids is 2. The molecule has 0 spiro atoms. The molecule has 1 aliphatic rings. The minimum absolute atomic E-state index is 0. The predicted octanol–water partition coefficient (Wildman–Crippen LogP) is 0.145. The molecule has 0 aliphatic carbocycles. The van der Waals surface area contributed by atoms with E-state index in [1.165, 1.54) is 0 Å². The lowest BCUT2D eigenvalue weighted by Crippen LogP contribution is -2.55. The molecule has 0 bridgehead atoms. The molecular formula is C13H22ClN5O2. The topological polar surface area (TPSA) is 84.5 Å². The van der Waals surface area contributed by atoms with Gasteiger partial charge in [0.1, 0.15) is 6.54 Å². The second-order valence-electron chi connectivity index (χ2n) is 5.07. The molecule has 0 saturated carbocycles. The van der Waals surface area contributed by atoms with E-state index in [0.29, 0.717) is 19.5 Å². The number of halogens is 1. The molecule has 2 rings (SSSR count). The summed E-state index contributed by atoms with van der Waals surface area (Å²) in [5.74, 6) is -0.229. The van der Waals surface area contributed by atoms with Gasteiger partial charge in [-0.25, -0.2) is 0 Å². The SMILES string of the molecule is CCCC(N)C(=O)N1CCN(c2cnn(C)c2)C(=O)C1.Cl. The summed E-state index contributed by atoms with van der Waals surface area (Å²) < 4.78 is 1.65. The van der Waals surface area contributed by atoms with Crippen LogP contribution in [0, 0.1) is 0 Å². The Morgan fingerprint density at radius 3 is 2.71 bits per heavy atom. The fraction of sp³-hybridized carbons (Fsp3) is 0.615. The van der Waals surface area contributed by atoms with Gasteiger partial charge < -0.3 is 15.5 Å². The Balaban J connectivity index is 0.00000220. The van der Waals surface area contributed by atoms with Crippen molar-refractivity contribution in [1.29, 1.82) is 0 Å². The molecule has 8 heteroatoms. The quantitative estimate of drug-likeness (QED) is 0.857. The first-order valence-corrected chi connectivity index (χ1v) is 6.86. The minimum atomic E-state index is -0.502. The molecular weight excluding hydrogens is 294 g/mol. The van der Waals surface area contributed by atoms with Crippen molar-refractivity contribution in [1.82, 2.24) is 14.7 Å². The minimum Gasteiger partial charge on any atom is -0.330 e. The van der Waals surface area contributed by atoms with Crippen LogP contribution in [0.15, 0.2) is 12.4 Å². The van der Waals surface area contributed by atoms with Crippen molar-refractivity contribution in [2.24, 2.45) is 12.8 Å². The Morgan fingerprint density at radius 1 is 1.48 bits per heavy atom. The lowest BCUT2D eigenvalue weighted by Gasteiger charge is -2.34. The normalized spacial score (nSPS) is 16.6. The van der Waals surface area contributed by atoms with Crippen molar-refractivity contribution in [3.05, 3.63) is 12.4 Å². The van der Waals surface area contributed by atoms with Crippen LogP contribution in [0.1, 0.15) is 19.8 Å². The van der Waals surface area contributed by atoms with E-state index in [2.05, 4.69) is 5.10 Å². The van der Waals surface area contributed by atoms with Gasteiger partial charge in [0.15, 0.2) is 0 Å². The summed E-state index contributed by atoms with van der Waals surface area (Å²) in [7, 11) is 1.80. The van der Waals surface area contributed by atoms with Crippen LogP contribution in [0.4, 0.5) is 5.69 Å². The Hall–Kier alpha value is -1.60. The van der Waals surface area contributed by atoms with E-state index in [4.69, 9.17) is 5.73 Å². The van der Waals surface area contributed by atoms with Crippen molar-refractivity contribution in [3.63, 3.8) is 0 Å². The number of anilines is 1. The van der Waals surface area contributed by atoms with E-state index < -0.39 is 6.04 Å². The Kier molecular flexibility index (Phi) is 6.17. The van der Waals surface area contributed by atoms with Gasteiger partial charge in [0.05, 0.1) is 17.9 Å². The number of rotatable bonds is 4. The summed E-state index contributed by atoms with van der Waals surface area (Å²) in [6, 6.07) is -0.502. The standard InChI is InChI=1S/C13H21N5O2.ClH/c1-3-4-11(14)13(20)17-5-6-18(12(19)9-17)10-7-15-16(2)8-10;/h7-8,11H,3-6,9,14H2,1-2H3;1H. The highest BCUT2D eigenvalue weighted by Crippen LogP contribution is 2.16. The van der Waals surface area contributed by atoms with Gasteiger partial charge in [0.2, 0.25) is 11.8 Å². The first kappa shape index (κ1) is 17.5. The molecule has 1 aliphatic heterocycles. The molecule has 7 nitrogen and oxygen atoms in total. The highest BCUT2D eigenvalue weighted by Gasteiger charge is 2.30. The smallest absolute Gasteiger partial charge is 0.246 e. The van der Waals surface area contributed by atoms with Crippen molar-refractivity contribution in [2.75, 3.05) is 24.5 Å². The van der Waals surface area contributed by atoms with Gasteiger partial charge in [-0.15, -0.1) is 12.4 Å². The Labute approximate surface area is 130 Å². The molecule has 0 aromatic carbocycles. The van der Waals surface area contributed by atoms with Gasteiger partial charge in [-0.3, -0.25) is 14.3 Å². The summed E-state index contributed by atoms with van der Waals surface area (Å²) in [6.07, 6.45) is 4.95. The third kappa shape index (κ3) is 3.95. The molecule has 2 N–H and O–H groups in total. The molecule has 1 saturated heterocycles. The second kappa shape index (κ2) is 7.42. The molecule has 118 valence electrons. The molecule has 1 fully saturated rings. The zero-order valence-corrected chi connectivity index (χ0v) is 13.2. The lowest BCUT2D eigenvalue weighted by atomic mass is 10.1. The maximum atomic E-state index is 12.2. The molecule has 1 aromatic heterocycles. The summed E-state index contributed by atoms with van der Waals surface area (Å²) in [6.45, 7) is 3.07. The number of hydrogen-bond acceptors (Lipinski definition) is 4. The van der Waals surface area contributed by atoms with E-state index in [-0.39, 0.29) is 30.8 Å². The summed E-state index contributed by atoms with van der Waals surface area (Å²) in [5.41, 5.74) is 6.59. The average molecular weight is 316 g/mol. The van der Waals surface area contributed by atoms with Gasteiger partial charge in [0.25, 0.3) is 0 Å². The summed E-state index contributed by atoms with van der Waals surface area (Å²) in [4.78, 5) is 27.5. The van der Waals surface area contributed by atoms with Gasteiger partial charge in [-0.1, -0.05) is 13.3 Å². The first-order chi connectivity index (χ1) is 9.52. The monoisotopic (exact) mass is 315 g/mol. The number of nitrogens with two attached hydrogens (primary N) is 1. The number of aromatic nitrogens is 2. The van der Waals surface area contributed by atoms with Crippen LogP contribution in [0.3, 0.4) is 0 Å². The zero-order valence-electron chi connectivity index (χ0n) is 12.4. The maximum absolute atomic E-state index is 12.2. The zero-order chi connectivity index (χ0) is 14.7. The molecule has 21 heavy (non-hydrogen) atoms. The van der Waals surface area contributed by atoms with Crippen LogP contribution >= 0.6 is 12.4 Å². The largest absolute Gasteiger partial charge is 0.330 e. The van der Waals surface area contributed by atoms with E-state index >= 15 is 0 Å². The van der Waals surface area contributed by atoms with Crippen LogP contribution in [0.25, 0.3) is 0 Å². The van der Waals surface area contributed by atoms with Crippen molar-refractivity contribution >= 4 is 29.9 Å². The molecule has 1 aromatic rings. The van der Waals surface area contributed by atoms with E-state index in [0.717, 1.165) is 12.1 Å². The molecule has 1 unspecified atom stereocenters. The van der Waals surface area contributed by atoms with E-state index in [1.807, 2.05) is 6.92 Å². The predicted molar refractivity (Wildman–Crippen MR) is 82.3 cm³/mol. The second-order valence-corrected chi connectivity index (χ2v) is 5.07. The van der Waals surface area contributed by atoms with Crippen molar-refractivity contribution in [3.8, 4) is 0 Å². The van der Waals surface area contributed by atoms with Gasteiger partial charge >= 0.3 is 0 Å². The lowest BCUT2D eigenvalue weighted by molar-refractivity contribution is -0.138. The molecule has 2 heterocycles. The van der Waals surface area contributed by atoms with Crippen molar-refractivity contribution in [2.45, 2.75) is 25.8 Å². The maximum Gasteiger partial charge on any atom is 0.246 e. The number of aryl methyl sites for hydroxylation is 1. The number of piperazine rings is 1. The fourth-order valence-electron chi connectivity index (χ4n) is 2.35. The van der Waals surface area contributed by atoms with Gasteiger partial charge in [0, 0.05) is 26.3 Å². The van der Waals surface area contributed by atoms with Gasteiger partial charge in [-0.2, -0.15) is 5.10 Å². The number of amides is 2. The first-order valence-electron chi connectivity index (χ1n) is 6.86. The third-order valence-corrected chi connectivity index (χ3v) is 3.45. The number of nitrogens with zero attached hydrogens (tertiary/aromatic N) is 4. The van der Waals surface area contributed by atoms with Crippen LogP contribution in [0.5, 0.6) is 0 Å². The third-order valence-electron chi connectivity index (χ3n) is 3.45. The number of hydrogen-bond donors (Lipinski definition) is 1. The van der Waals surface area contributed by atoms with Crippen LogP contribution in [-0.2, 0) is 16.6 Å². The fourth-order valence-corrected chi connectivity index (χ4v) is 2.35. The van der Waals surface area contributed by atoms with E-state index in [9.17, 15) is 9.59 Å².